The van der Waals surface area contributed by atoms with Crippen molar-refractivity contribution in [2.24, 2.45) is 5.92 Å². The van der Waals surface area contributed by atoms with Gasteiger partial charge < -0.3 is 10.1 Å². The molecule has 0 radical (unpaired) electrons. The van der Waals surface area contributed by atoms with Gasteiger partial charge in [0, 0.05) is 50.4 Å². The third-order valence-corrected chi connectivity index (χ3v) is 8.00. The van der Waals surface area contributed by atoms with E-state index in [2.05, 4.69) is 26.2 Å². The van der Waals surface area contributed by atoms with Gasteiger partial charge in [-0.3, -0.25) is 9.59 Å². The molecule has 3 aromatic rings. The summed E-state index contributed by atoms with van der Waals surface area (Å²) in [7, 11) is 1.49. The van der Waals surface area contributed by atoms with Gasteiger partial charge in [0.05, 0.1) is 18.1 Å². The van der Waals surface area contributed by atoms with Crippen LogP contribution >= 0.6 is 73.9 Å². The average molecular weight is 638 g/mol. The fourth-order valence-electron chi connectivity index (χ4n) is 3.83. The van der Waals surface area contributed by atoms with E-state index in [9.17, 15) is 9.59 Å². The Morgan fingerprint density at radius 1 is 1.09 bits per heavy atom. The molecule has 1 aliphatic carbocycles. The number of nitrogens with zero attached hydrogens (tertiary/aromatic N) is 1. The number of rotatable bonds is 7. The first-order valence-corrected chi connectivity index (χ1v) is 12.9. The van der Waals surface area contributed by atoms with Crippen LogP contribution in [0.3, 0.4) is 0 Å². The number of aromatic nitrogens is 1. The number of methoxy groups -OCH3 is 1. The number of halogens is 6. The number of carbonyl (C=O) groups excluding carboxylic acids is 2. The number of anilines is 1. The third kappa shape index (κ3) is 5.74. The zero-order chi connectivity index (χ0) is 25.5. The Morgan fingerprint density at radius 3 is 2.43 bits per heavy atom. The largest absolute Gasteiger partial charge is 0.481 e. The predicted octanol–water partition coefficient (Wildman–Crippen LogP) is 7.76. The smallest absolute Gasteiger partial charge is 0.231 e. The second-order valence-electron chi connectivity index (χ2n) is 7.93. The van der Waals surface area contributed by atoms with Gasteiger partial charge >= 0.3 is 0 Å². The molecule has 1 amide bonds. The van der Waals surface area contributed by atoms with Crippen molar-refractivity contribution < 1.29 is 14.3 Å². The van der Waals surface area contributed by atoms with Crippen molar-refractivity contribution in [1.82, 2.24) is 4.98 Å². The second kappa shape index (κ2) is 10.4. The minimum absolute atomic E-state index is 0.0449. The molecular formula is C24H16BrCl5N2O3. The van der Waals surface area contributed by atoms with Crippen molar-refractivity contribution in [2.45, 2.75) is 16.7 Å². The number of alkyl halides is 2. The van der Waals surface area contributed by atoms with E-state index in [4.69, 9.17) is 62.7 Å². The lowest BCUT2D eigenvalue weighted by Gasteiger charge is -2.10. The van der Waals surface area contributed by atoms with E-state index in [1.54, 1.807) is 42.6 Å². The van der Waals surface area contributed by atoms with E-state index >= 15 is 0 Å². The highest BCUT2D eigenvalue weighted by molar-refractivity contribution is 9.10. The van der Waals surface area contributed by atoms with Crippen LogP contribution in [0.4, 0.5) is 5.69 Å². The Balaban J connectivity index is 1.52. The minimum atomic E-state index is -1.32. The average Bonchev–Trinajstić information content (AvgIpc) is 3.38. The van der Waals surface area contributed by atoms with Crippen molar-refractivity contribution in [3.05, 3.63) is 84.9 Å². The molecule has 0 saturated heterocycles. The lowest BCUT2D eigenvalue weighted by molar-refractivity contribution is -0.117. The number of hydrogen-bond acceptors (Lipinski definition) is 4. The van der Waals surface area contributed by atoms with Crippen LogP contribution in [-0.2, 0) is 11.2 Å². The van der Waals surface area contributed by atoms with Crippen molar-refractivity contribution in [3.63, 3.8) is 0 Å². The summed E-state index contributed by atoms with van der Waals surface area (Å²) in [6.45, 7) is 0. The van der Waals surface area contributed by atoms with Crippen LogP contribution in [-0.4, -0.2) is 28.1 Å². The molecule has 2 aromatic carbocycles. The number of pyridine rings is 1. The van der Waals surface area contributed by atoms with Crippen LogP contribution in [0.25, 0.3) is 0 Å². The van der Waals surface area contributed by atoms with Crippen LogP contribution in [0, 0.1) is 5.92 Å². The number of Topliss-reactive ketones (excluding diaryl/α,β-unsaturated/α-hetero) is 1. The number of nitrogens with one attached hydrogen (secondary N) is 1. The highest BCUT2D eigenvalue weighted by Crippen LogP contribution is 2.65. The predicted molar refractivity (Wildman–Crippen MR) is 144 cm³/mol. The fourth-order valence-corrected chi connectivity index (χ4v) is 5.78. The van der Waals surface area contributed by atoms with Crippen molar-refractivity contribution in [3.8, 4) is 5.88 Å². The van der Waals surface area contributed by atoms with Gasteiger partial charge in [-0.2, -0.15) is 0 Å². The molecule has 0 aliphatic heterocycles. The SMILES string of the molecule is COc1cc(CC(=O)c2cc(NC(=O)C3C(c4cc(Cl)cc(Cl)c4)C3(Cl)Cl)ccc2Cl)c(Br)cn1. The summed E-state index contributed by atoms with van der Waals surface area (Å²) in [6.07, 6.45) is 1.60. The Bertz CT molecular complexity index is 1310. The molecule has 1 aromatic heterocycles. The number of ether oxygens (including phenoxy) is 1. The molecule has 1 heterocycles. The van der Waals surface area contributed by atoms with Gasteiger partial charge in [0.15, 0.2) is 5.78 Å². The van der Waals surface area contributed by atoms with Gasteiger partial charge in [0.1, 0.15) is 4.33 Å². The molecule has 1 fully saturated rings. The Kier molecular flexibility index (Phi) is 7.91. The number of hydrogen-bond donors (Lipinski definition) is 1. The monoisotopic (exact) mass is 634 g/mol. The van der Waals surface area contributed by atoms with Gasteiger partial charge in [0.25, 0.3) is 0 Å². The van der Waals surface area contributed by atoms with Crippen molar-refractivity contribution in [2.75, 3.05) is 12.4 Å². The molecule has 1 saturated carbocycles. The number of ketones is 1. The van der Waals surface area contributed by atoms with E-state index in [1.165, 1.54) is 13.2 Å². The zero-order valence-corrected chi connectivity index (χ0v) is 23.3. The molecular weight excluding hydrogens is 621 g/mol. The normalized spacial score (nSPS) is 18.1. The van der Waals surface area contributed by atoms with Gasteiger partial charge in [-0.1, -0.05) is 34.8 Å². The van der Waals surface area contributed by atoms with Crippen molar-refractivity contribution >= 4 is 91.3 Å². The Morgan fingerprint density at radius 2 is 1.77 bits per heavy atom. The maximum Gasteiger partial charge on any atom is 0.231 e. The lowest BCUT2D eigenvalue weighted by Crippen LogP contribution is -2.17. The standard InChI is InChI=1S/C24H16BrCl5N2O3/c1-35-20-7-11(17(25)10-31-20)6-19(33)16-9-15(2-3-18(16)28)32-23(34)22-21(24(22,29)30)12-4-13(26)8-14(27)5-12/h2-5,7-10,21-22H,6H2,1H3,(H,32,34). The maximum atomic E-state index is 13.0. The van der Waals surface area contributed by atoms with Crippen LogP contribution in [0.15, 0.2) is 53.1 Å². The summed E-state index contributed by atoms with van der Waals surface area (Å²) < 4.78 is 4.47. The van der Waals surface area contributed by atoms with E-state index < -0.39 is 22.1 Å². The van der Waals surface area contributed by atoms with E-state index in [0.29, 0.717) is 37.2 Å². The van der Waals surface area contributed by atoms with Gasteiger partial charge in [-0.15, -0.1) is 23.2 Å². The molecule has 0 bridgehead atoms. The molecule has 4 rings (SSSR count). The first kappa shape index (κ1) is 26.5. The molecule has 2 atom stereocenters. The summed E-state index contributed by atoms with van der Waals surface area (Å²) >= 11 is 34.7. The van der Waals surface area contributed by atoms with E-state index in [0.717, 1.165) is 0 Å². The molecule has 35 heavy (non-hydrogen) atoms. The van der Waals surface area contributed by atoms with Gasteiger partial charge in [-0.05, 0) is 63.5 Å². The summed E-state index contributed by atoms with van der Waals surface area (Å²) in [6, 6.07) is 11.3. The Hall–Kier alpha value is -1.54. The first-order valence-electron chi connectivity index (χ1n) is 10.2. The summed E-state index contributed by atoms with van der Waals surface area (Å²) in [5.74, 6) is -1.50. The quantitative estimate of drug-likeness (QED) is 0.212. The highest BCUT2D eigenvalue weighted by Gasteiger charge is 2.67. The fraction of sp³-hybridized carbons (Fsp3) is 0.208. The van der Waals surface area contributed by atoms with Gasteiger partial charge in [-0.25, -0.2) is 4.98 Å². The van der Waals surface area contributed by atoms with Gasteiger partial charge in [0.2, 0.25) is 11.8 Å². The molecule has 0 spiro atoms. The van der Waals surface area contributed by atoms with Crippen LogP contribution in [0.2, 0.25) is 15.1 Å². The molecule has 182 valence electrons. The van der Waals surface area contributed by atoms with Crippen molar-refractivity contribution in [1.29, 1.82) is 0 Å². The minimum Gasteiger partial charge on any atom is -0.481 e. The summed E-state index contributed by atoms with van der Waals surface area (Å²) in [4.78, 5) is 30.1. The zero-order valence-electron chi connectivity index (χ0n) is 17.9. The number of carbonyl (C=O) groups is 2. The lowest BCUT2D eigenvalue weighted by atomic mass is 10.0. The Labute approximate surface area is 235 Å². The molecule has 1 N–H and O–H groups in total. The molecule has 1 aliphatic rings. The summed E-state index contributed by atoms with van der Waals surface area (Å²) in [5, 5.41) is 3.87. The topological polar surface area (TPSA) is 68.3 Å². The molecule has 5 nitrogen and oxygen atoms in total. The molecule has 11 heteroatoms. The number of amides is 1. The maximum absolute atomic E-state index is 13.0. The highest BCUT2D eigenvalue weighted by atomic mass is 79.9. The first-order chi connectivity index (χ1) is 16.5. The van der Waals surface area contributed by atoms with Crippen LogP contribution < -0.4 is 10.1 Å². The second-order valence-corrected chi connectivity index (χ2v) is 11.5. The van der Waals surface area contributed by atoms with E-state index in [-0.39, 0.29) is 22.8 Å². The molecule has 2 unspecified atom stereocenters. The third-order valence-electron chi connectivity index (χ3n) is 5.58. The number of benzene rings is 2. The van der Waals surface area contributed by atoms with Crippen LogP contribution in [0.1, 0.15) is 27.4 Å². The summed E-state index contributed by atoms with van der Waals surface area (Å²) in [5.41, 5.74) is 1.98. The van der Waals surface area contributed by atoms with Crippen LogP contribution in [0.5, 0.6) is 5.88 Å². The van der Waals surface area contributed by atoms with E-state index in [1.807, 2.05) is 0 Å².